The number of ether oxygens (including phenoxy) is 2. The van der Waals surface area contributed by atoms with Crippen molar-refractivity contribution >= 4 is 0 Å². The lowest BCUT2D eigenvalue weighted by Gasteiger charge is -2.14. The van der Waals surface area contributed by atoms with E-state index in [0.29, 0.717) is 17.5 Å². The van der Waals surface area contributed by atoms with E-state index in [-0.39, 0.29) is 0 Å². The molecule has 6 heteroatoms. The Morgan fingerprint density at radius 1 is 1.37 bits per heavy atom. The van der Waals surface area contributed by atoms with E-state index in [1.54, 1.807) is 6.26 Å². The Morgan fingerprint density at radius 3 is 2.79 bits per heavy atom. The van der Waals surface area contributed by atoms with Crippen molar-refractivity contribution in [2.24, 2.45) is 5.73 Å². The zero-order chi connectivity index (χ0) is 13.8. The van der Waals surface area contributed by atoms with Gasteiger partial charge in [0, 0.05) is 12.0 Å². The first-order chi connectivity index (χ1) is 9.21. The van der Waals surface area contributed by atoms with Gasteiger partial charge in [0.15, 0.2) is 0 Å². The van der Waals surface area contributed by atoms with Gasteiger partial charge in [0.05, 0.1) is 32.7 Å². The van der Waals surface area contributed by atoms with Crippen LogP contribution in [0.2, 0.25) is 0 Å². The lowest BCUT2D eigenvalue weighted by Crippen LogP contribution is -2.16. The summed E-state index contributed by atoms with van der Waals surface area (Å²) in [7, 11) is 3.05. The predicted octanol–water partition coefficient (Wildman–Crippen LogP) is 1.70. The molecule has 0 radical (unpaired) electrons. The molecule has 2 heterocycles. The minimum absolute atomic E-state index is 0.357. The molecule has 1 unspecified atom stereocenters. The average Bonchev–Trinajstić information content (AvgIpc) is 2.94. The van der Waals surface area contributed by atoms with Gasteiger partial charge < -0.3 is 19.6 Å². The fourth-order valence-corrected chi connectivity index (χ4v) is 1.89. The van der Waals surface area contributed by atoms with Crippen LogP contribution in [0.15, 0.2) is 22.9 Å². The number of aromatic nitrogens is 2. The second-order valence-corrected chi connectivity index (χ2v) is 3.94. The highest BCUT2D eigenvalue weighted by Gasteiger charge is 2.21. The van der Waals surface area contributed by atoms with Gasteiger partial charge in [0.1, 0.15) is 11.5 Å². The molecule has 0 saturated carbocycles. The molecule has 102 valence electrons. The summed E-state index contributed by atoms with van der Waals surface area (Å²) in [5.41, 5.74) is 7.67. The largest absolute Gasteiger partial charge is 0.480 e. The zero-order valence-corrected chi connectivity index (χ0v) is 11.2. The first-order valence-electron chi connectivity index (χ1n) is 5.98. The Bertz CT molecular complexity index is 554. The van der Waals surface area contributed by atoms with Crippen LogP contribution in [0.1, 0.15) is 30.0 Å². The van der Waals surface area contributed by atoms with Gasteiger partial charge in [-0.25, -0.2) is 4.98 Å². The lowest BCUT2D eigenvalue weighted by molar-refractivity contribution is 0.355. The van der Waals surface area contributed by atoms with Crippen LogP contribution in [0.4, 0.5) is 0 Å². The third kappa shape index (κ3) is 2.53. The molecular weight excluding hydrogens is 246 g/mol. The summed E-state index contributed by atoms with van der Waals surface area (Å²) in [4.78, 5) is 8.45. The molecule has 2 rings (SSSR count). The molecule has 1 atom stereocenters. The highest BCUT2D eigenvalue weighted by atomic mass is 16.5. The van der Waals surface area contributed by atoms with E-state index in [2.05, 4.69) is 9.97 Å². The Balaban J connectivity index is 2.41. The van der Waals surface area contributed by atoms with E-state index in [0.717, 1.165) is 17.7 Å². The summed E-state index contributed by atoms with van der Waals surface area (Å²) in [5, 5.41) is 0. The smallest absolute Gasteiger partial charge is 0.240 e. The van der Waals surface area contributed by atoms with E-state index in [1.165, 1.54) is 20.4 Å². The third-order valence-electron chi connectivity index (χ3n) is 2.88. The van der Waals surface area contributed by atoms with Crippen molar-refractivity contribution in [2.45, 2.75) is 19.4 Å². The monoisotopic (exact) mass is 263 g/mol. The Morgan fingerprint density at radius 2 is 2.16 bits per heavy atom. The normalized spacial score (nSPS) is 12.2. The van der Waals surface area contributed by atoms with Crippen LogP contribution in [0, 0.1) is 0 Å². The number of hydrogen-bond acceptors (Lipinski definition) is 6. The van der Waals surface area contributed by atoms with E-state index in [1.807, 2.05) is 13.0 Å². The fourth-order valence-electron chi connectivity index (χ4n) is 1.89. The topological polar surface area (TPSA) is 83.4 Å². The molecule has 0 amide bonds. The molecule has 0 aromatic carbocycles. The van der Waals surface area contributed by atoms with Crippen molar-refractivity contribution in [2.75, 3.05) is 14.2 Å². The number of aryl methyl sites for hydroxylation is 1. The summed E-state index contributed by atoms with van der Waals surface area (Å²) in [6, 6.07) is 1.40. The lowest BCUT2D eigenvalue weighted by atomic mass is 10.0. The number of rotatable bonds is 5. The summed E-state index contributed by atoms with van der Waals surface area (Å²) >= 11 is 0. The molecule has 0 fully saturated rings. The maximum atomic E-state index is 6.22. The summed E-state index contributed by atoms with van der Waals surface area (Å²) < 4.78 is 15.6. The Kier molecular flexibility index (Phi) is 4.01. The number of methoxy groups -OCH3 is 2. The van der Waals surface area contributed by atoms with Gasteiger partial charge in [0.25, 0.3) is 0 Å². The standard InChI is InChI=1S/C13H17N3O3/c1-4-9-8(5-6-19-9)11(14)12-13(18-3)16-10(17-2)7-15-12/h5-7,11H,4,14H2,1-3H3. The van der Waals surface area contributed by atoms with E-state index in [4.69, 9.17) is 19.6 Å². The van der Waals surface area contributed by atoms with Gasteiger partial charge in [-0.2, -0.15) is 4.98 Å². The quantitative estimate of drug-likeness (QED) is 0.883. The number of nitrogens with zero attached hydrogens (tertiary/aromatic N) is 2. The first-order valence-corrected chi connectivity index (χ1v) is 5.98. The number of nitrogens with two attached hydrogens (primary N) is 1. The van der Waals surface area contributed by atoms with Gasteiger partial charge >= 0.3 is 0 Å². The van der Waals surface area contributed by atoms with Crippen LogP contribution in [0.3, 0.4) is 0 Å². The molecule has 0 bridgehead atoms. The highest BCUT2D eigenvalue weighted by Crippen LogP contribution is 2.29. The van der Waals surface area contributed by atoms with E-state index >= 15 is 0 Å². The van der Waals surface area contributed by atoms with Gasteiger partial charge in [0.2, 0.25) is 11.8 Å². The zero-order valence-electron chi connectivity index (χ0n) is 11.2. The maximum Gasteiger partial charge on any atom is 0.240 e. The van der Waals surface area contributed by atoms with Crippen LogP contribution in [0.25, 0.3) is 0 Å². The molecular formula is C13H17N3O3. The SMILES string of the molecule is CCc1occc1C(N)c1ncc(OC)nc1OC. The van der Waals surface area contributed by atoms with Gasteiger partial charge in [-0.05, 0) is 6.07 Å². The van der Waals surface area contributed by atoms with Crippen molar-refractivity contribution in [3.05, 3.63) is 35.5 Å². The summed E-state index contributed by atoms with van der Waals surface area (Å²) in [5.74, 6) is 1.58. The van der Waals surface area contributed by atoms with Crippen LogP contribution in [-0.4, -0.2) is 24.2 Å². The van der Waals surface area contributed by atoms with E-state index in [9.17, 15) is 0 Å². The van der Waals surface area contributed by atoms with Crippen molar-refractivity contribution in [1.82, 2.24) is 9.97 Å². The van der Waals surface area contributed by atoms with Crippen LogP contribution >= 0.6 is 0 Å². The molecule has 0 saturated heterocycles. The highest BCUT2D eigenvalue weighted by molar-refractivity contribution is 5.35. The Hall–Kier alpha value is -2.08. The van der Waals surface area contributed by atoms with Crippen LogP contribution in [0.5, 0.6) is 11.8 Å². The van der Waals surface area contributed by atoms with Gasteiger partial charge in [-0.3, -0.25) is 0 Å². The third-order valence-corrected chi connectivity index (χ3v) is 2.88. The van der Waals surface area contributed by atoms with Gasteiger partial charge in [-0.15, -0.1) is 0 Å². The number of furan rings is 1. The number of hydrogen-bond donors (Lipinski definition) is 1. The second-order valence-electron chi connectivity index (χ2n) is 3.94. The predicted molar refractivity (Wildman–Crippen MR) is 69.3 cm³/mol. The second kappa shape index (κ2) is 5.71. The molecule has 19 heavy (non-hydrogen) atoms. The minimum atomic E-state index is -0.443. The molecule has 2 aromatic heterocycles. The maximum absolute atomic E-state index is 6.22. The minimum Gasteiger partial charge on any atom is -0.480 e. The molecule has 2 aromatic rings. The summed E-state index contributed by atoms with van der Waals surface area (Å²) in [6.45, 7) is 2.01. The van der Waals surface area contributed by atoms with Crippen molar-refractivity contribution in [3.63, 3.8) is 0 Å². The molecule has 0 spiro atoms. The molecule has 2 N–H and O–H groups in total. The fraction of sp³-hybridized carbons (Fsp3) is 0.385. The van der Waals surface area contributed by atoms with E-state index < -0.39 is 6.04 Å². The van der Waals surface area contributed by atoms with Crippen LogP contribution in [-0.2, 0) is 6.42 Å². The molecule has 0 aliphatic carbocycles. The molecule has 0 aliphatic heterocycles. The van der Waals surface area contributed by atoms with Crippen molar-refractivity contribution in [1.29, 1.82) is 0 Å². The summed E-state index contributed by atoms with van der Waals surface area (Å²) in [6.07, 6.45) is 3.91. The average molecular weight is 263 g/mol. The Labute approximate surface area is 111 Å². The molecule has 0 aliphatic rings. The molecule has 6 nitrogen and oxygen atoms in total. The van der Waals surface area contributed by atoms with Crippen molar-refractivity contribution < 1.29 is 13.9 Å². The van der Waals surface area contributed by atoms with Crippen LogP contribution < -0.4 is 15.2 Å². The first kappa shape index (κ1) is 13.4. The van der Waals surface area contributed by atoms with Crippen molar-refractivity contribution in [3.8, 4) is 11.8 Å². The van der Waals surface area contributed by atoms with Gasteiger partial charge in [-0.1, -0.05) is 6.92 Å².